The first kappa shape index (κ1) is 16.5. The highest BCUT2D eigenvalue weighted by Crippen LogP contribution is 2.27. The molecule has 0 aliphatic carbocycles. The van der Waals surface area contributed by atoms with Crippen LogP contribution in [0.25, 0.3) is 0 Å². The van der Waals surface area contributed by atoms with Gasteiger partial charge in [0, 0.05) is 4.47 Å². The standard InChI is InChI=1S/C15H11BrClFN2O2/c16-11-3-6-14(13(17)7-11)22-9-15(21)20-19-8-10-1-4-12(18)5-2-10/h1-8H,9H2,(H,20,21). The third-order valence-corrected chi connectivity index (χ3v) is 3.31. The van der Waals surface area contributed by atoms with Crippen molar-refractivity contribution in [1.29, 1.82) is 0 Å². The third-order valence-electron chi connectivity index (χ3n) is 2.53. The molecule has 2 aromatic rings. The maximum absolute atomic E-state index is 12.7. The molecule has 0 aliphatic heterocycles. The Morgan fingerprint density at radius 1 is 1.32 bits per heavy atom. The van der Waals surface area contributed by atoms with Gasteiger partial charge in [-0.2, -0.15) is 5.10 Å². The largest absolute Gasteiger partial charge is 0.482 e. The zero-order valence-corrected chi connectivity index (χ0v) is 13.6. The molecule has 4 nitrogen and oxygen atoms in total. The number of hydrogen-bond acceptors (Lipinski definition) is 3. The Balaban J connectivity index is 1.81. The molecule has 0 radical (unpaired) electrons. The summed E-state index contributed by atoms with van der Waals surface area (Å²) in [5, 5.41) is 4.15. The van der Waals surface area contributed by atoms with E-state index in [0.29, 0.717) is 16.3 Å². The van der Waals surface area contributed by atoms with Crippen LogP contribution < -0.4 is 10.2 Å². The average molecular weight is 386 g/mol. The van der Waals surface area contributed by atoms with Crippen molar-refractivity contribution in [3.63, 3.8) is 0 Å². The number of rotatable bonds is 5. The van der Waals surface area contributed by atoms with Crippen molar-refractivity contribution in [1.82, 2.24) is 5.43 Å². The first-order chi connectivity index (χ1) is 10.5. The second-order valence-electron chi connectivity index (χ2n) is 4.21. The van der Waals surface area contributed by atoms with E-state index in [9.17, 15) is 9.18 Å². The molecule has 2 rings (SSSR count). The molecule has 0 saturated carbocycles. The number of amides is 1. The molecule has 0 saturated heterocycles. The molecule has 0 fully saturated rings. The van der Waals surface area contributed by atoms with Gasteiger partial charge in [0.15, 0.2) is 6.61 Å². The van der Waals surface area contributed by atoms with Crippen molar-refractivity contribution in [2.24, 2.45) is 5.10 Å². The summed E-state index contributed by atoms with van der Waals surface area (Å²) in [6, 6.07) is 10.8. The van der Waals surface area contributed by atoms with Crippen LogP contribution >= 0.6 is 27.5 Å². The minimum Gasteiger partial charge on any atom is -0.482 e. The third kappa shape index (κ3) is 5.13. The summed E-state index contributed by atoms with van der Waals surface area (Å²) in [7, 11) is 0. The number of ether oxygens (including phenoxy) is 1. The van der Waals surface area contributed by atoms with E-state index in [4.69, 9.17) is 16.3 Å². The number of carbonyl (C=O) groups excluding carboxylic acids is 1. The van der Waals surface area contributed by atoms with E-state index < -0.39 is 5.91 Å². The van der Waals surface area contributed by atoms with E-state index in [-0.39, 0.29) is 12.4 Å². The van der Waals surface area contributed by atoms with Crippen LogP contribution in [0.3, 0.4) is 0 Å². The maximum atomic E-state index is 12.7. The Morgan fingerprint density at radius 3 is 2.73 bits per heavy atom. The summed E-state index contributed by atoms with van der Waals surface area (Å²) in [4.78, 5) is 11.6. The minimum absolute atomic E-state index is 0.220. The van der Waals surface area contributed by atoms with Crippen LogP contribution in [0, 0.1) is 5.82 Å². The molecule has 7 heteroatoms. The van der Waals surface area contributed by atoms with Crippen molar-refractivity contribution in [3.05, 3.63) is 63.3 Å². The van der Waals surface area contributed by atoms with Gasteiger partial charge >= 0.3 is 0 Å². The number of nitrogens with one attached hydrogen (secondary N) is 1. The zero-order chi connectivity index (χ0) is 15.9. The number of carbonyl (C=O) groups is 1. The van der Waals surface area contributed by atoms with Crippen LogP contribution in [0.1, 0.15) is 5.56 Å². The van der Waals surface area contributed by atoms with Gasteiger partial charge in [-0.1, -0.05) is 39.7 Å². The van der Waals surface area contributed by atoms with Crippen molar-refractivity contribution >= 4 is 39.7 Å². The lowest BCUT2D eigenvalue weighted by molar-refractivity contribution is -0.123. The van der Waals surface area contributed by atoms with Crippen molar-refractivity contribution in [3.8, 4) is 5.75 Å². The van der Waals surface area contributed by atoms with Crippen molar-refractivity contribution in [2.45, 2.75) is 0 Å². The molecule has 0 aromatic heterocycles. The summed E-state index contributed by atoms with van der Waals surface area (Å²) < 4.78 is 18.8. The van der Waals surface area contributed by atoms with Crippen molar-refractivity contribution < 1.29 is 13.9 Å². The molecular formula is C15H11BrClFN2O2. The van der Waals surface area contributed by atoms with Crippen LogP contribution in [0.15, 0.2) is 52.0 Å². The van der Waals surface area contributed by atoms with E-state index in [1.54, 1.807) is 30.3 Å². The monoisotopic (exact) mass is 384 g/mol. The van der Waals surface area contributed by atoms with Crippen LogP contribution in [0.5, 0.6) is 5.75 Å². The van der Waals surface area contributed by atoms with E-state index >= 15 is 0 Å². The maximum Gasteiger partial charge on any atom is 0.277 e. The highest BCUT2D eigenvalue weighted by molar-refractivity contribution is 9.10. The smallest absolute Gasteiger partial charge is 0.277 e. The van der Waals surface area contributed by atoms with E-state index in [2.05, 4.69) is 26.5 Å². The fraction of sp³-hybridized carbons (Fsp3) is 0.0667. The van der Waals surface area contributed by atoms with Gasteiger partial charge in [0.05, 0.1) is 11.2 Å². The molecule has 0 heterocycles. The number of hydrogen-bond donors (Lipinski definition) is 1. The molecule has 0 spiro atoms. The predicted octanol–water partition coefficient (Wildman–Crippen LogP) is 3.77. The Hall–Kier alpha value is -1.92. The predicted molar refractivity (Wildman–Crippen MR) is 86.8 cm³/mol. The van der Waals surface area contributed by atoms with Gasteiger partial charge in [-0.3, -0.25) is 4.79 Å². The number of benzene rings is 2. The fourth-order valence-corrected chi connectivity index (χ4v) is 2.22. The first-order valence-corrected chi connectivity index (χ1v) is 7.37. The number of nitrogens with zero attached hydrogens (tertiary/aromatic N) is 1. The highest BCUT2D eigenvalue weighted by atomic mass is 79.9. The van der Waals surface area contributed by atoms with Gasteiger partial charge in [-0.05, 0) is 35.9 Å². The lowest BCUT2D eigenvalue weighted by Crippen LogP contribution is -2.24. The number of halogens is 3. The second-order valence-corrected chi connectivity index (χ2v) is 5.53. The average Bonchev–Trinajstić information content (AvgIpc) is 2.48. The molecule has 114 valence electrons. The Bertz CT molecular complexity index is 692. The highest BCUT2D eigenvalue weighted by Gasteiger charge is 2.05. The number of hydrazone groups is 1. The summed E-state index contributed by atoms with van der Waals surface area (Å²) in [5.41, 5.74) is 2.97. The molecule has 0 aliphatic rings. The van der Waals surface area contributed by atoms with Gasteiger partial charge in [0.25, 0.3) is 5.91 Å². The molecule has 0 unspecified atom stereocenters. The van der Waals surface area contributed by atoms with Gasteiger partial charge in [-0.25, -0.2) is 9.82 Å². The Kier molecular flexibility index (Phi) is 5.91. The van der Waals surface area contributed by atoms with Crippen LogP contribution in [-0.2, 0) is 4.79 Å². The molecule has 1 amide bonds. The molecule has 22 heavy (non-hydrogen) atoms. The topological polar surface area (TPSA) is 50.7 Å². The fourth-order valence-electron chi connectivity index (χ4n) is 1.50. The second kappa shape index (κ2) is 7.91. The zero-order valence-electron chi connectivity index (χ0n) is 11.2. The van der Waals surface area contributed by atoms with Gasteiger partial charge < -0.3 is 4.74 Å². The van der Waals surface area contributed by atoms with Gasteiger partial charge in [0.1, 0.15) is 11.6 Å². The Labute approximate surface area is 140 Å². The minimum atomic E-state index is -0.433. The molecule has 2 aromatic carbocycles. The summed E-state index contributed by atoms with van der Waals surface area (Å²) in [6.45, 7) is -0.220. The Morgan fingerprint density at radius 2 is 2.05 bits per heavy atom. The van der Waals surface area contributed by atoms with Crippen molar-refractivity contribution in [2.75, 3.05) is 6.61 Å². The quantitative estimate of drug-likeness (QED) is 0.629. The first-order valence-electron chi connectivity index (χ1n) is 6.20. The molecule has 1 N–H and O–H groups in total. The molecule has 0 bridgehead atoms. The summed E-state index contributed by atoms with van der Waals surface area (Å²) in [6.07, 6.45) is 1.41. The summed E-state index contributed by atoms with van der Waals surface area (Å²) in [5.74, 6) is -0.360. The molecular weight excluding hydrogens is 375 g/mol. The van der Waals surface area contributed by atoms with Crippen LogP contribution in [0.2, 0.25) is 5.02 Å². The lowest BCUT2D eigenvalue weighted by Gasteiger charge is -2.07. The van der Waals surface area contributed by atoms with Gasteiger partial charge in [-0.15, -0.1) is 0 Å². The summed E-state index contributed by atoms with van der Waals surface area (Å²) >= 11 is 9.24. The van der Waals surface area contributed by atoms with Crippen LogP contribution in [0.4, 0.5) is 4.39 Å². The van der Waals surface area contributed by atoms with E-state index in [1.165, 1.54) is 18.3 Å². The van der Waals surface area contributed by atoms with Gasteiger partial charge in [0.2, 0.25) is 0 Å². The lowest BCUT2D eigenvalue weighted by atomic mass is 10.2. The normalized spacial score (nSPS) is 10.7. The van der Waals surface area contributed by atoms with E-state index in [1.807, 2.05) is 0 Å². The van der Waals surface area contributed by atoms with Crippen LogP contribution in [-0.4, -0.2) is 18.7 Å². The SMILES string of the molecule is O=C(COc1ccc(Br)cc1Cl)NN=Cc1ccc(F)cc1. The molecule has 0 atom stereocenters. The van der Waals surface area contributed by atoms with E-state index in [0.717, 1.165) is 4.47 Å².